The summed E-state index contributed by atoms with van der Waals surface area (Å²) in [5.74, 6) is 0.777. The van der Waals surface area contributed by atoms with Gasteiger partial charge >= 0.3 is 0 Å². The van der Waals surface area contributed by atoms with Crippen LogP contribution in [0.15, 0.2) is 27.1 Å². The van der Waals surface area contributed by atoms with Crippen LogP contribution in [0.25, 0.3) is 0 Å². The summed E-state index contributed by atoms with van der Waals surface area (Å²) >= 11 is 7.18. The largest absolute Gasteiger partial charge is 0.313 e. The molecule has 1 N–H and O–H groups in total. The Morgan fingerprint density at radius 1 is 1.00 bits per heavy atom. The van der Waals surface area contributed by atoms with E-state index in [2.05, 4.69) is 62.4 Å². The molecule has 1 aromatic carbocycles. The molecule has 0 aromatic heterocycles. The van der Waals surface area contributed by atoms with E-state index in [4.69, 9.17) is 0 Å². The summed E-state index contributed by atoms with van der Waals surface area (Å²) in [6, 6.07) is 7.08. The van der Waals surface area contributed by atoms with Crippen molar-refractivity contribution in [2.24, 2.45) is 5.92 Å². The zero-order valence-electron chi connectivity index (χ0n) is 10.9. The standard InChI is InChI=1S/C15H21Br2N/c1-18-15(11-6-4-2-3-5-7-11)12-8-13(16)10-14(17)9-12/h8-11,15,18H,2-7H2,1H3. The Kier molecular flexibility index (Phi) is 5.71. The van der Waals surface area contributed by atoms with Crippen molar-refractivity contribution >= 4 is 31.9 Å². The molecule has 1 nitrogen and oxygen atoms in total. The summed E-state index contributed by atoms with van der Waals surface area (Å²) in [5, 5.41) is 3.53. The van der Waals surface area contributed by atoms with E-state index < -0.39 is 0 Å². The number of nitrogens with one attached hydrogen (secondary N) is 1. The smallest absolute Gasteiger partial charge is 0.0346 e. The highest BCUT2D eigenvalue weighted by Gasteiger charge is 2.23. The van der Waals surface area contributed by atoms with E-state index in [1.807, 2.05) is 0 Å². The van der Waals surface area contributed by atoms with Crippen LogP contribution >= 0.6 is 31.9 Å². The van der Waals surface area contributed by atoms with Crippen LogP contribution in [-0.2, 0) is 0 Å². The van der Waals surface area contributed by atoms with Crippen molar-refractivity contribution in [2.45, 2.75) is 44.6 Å². The van der Waals surface area contributed by atoms with Gasteiger partial charge in [0.1, 0.15) is 0 Å². The SMILES string of the molecule is CNC(c1cc(Br)cc(Br)c1)C1CCCCCC1. The van der Waals surface area contributed by atoms with E-state index >= 15 is 0 Å². The van der Waals surface area contributed by atoms with Crippen molar-refractivity contribution in [3.8, 4) is 0 Å². The molecule has 1 aromatic rings. The molecule has 18 heavy (non-hydrogen) atoms. The normalized spacial score (nSPS) is 19.5. The molecule has 0 saturated heterocycles. The Hall–Kier alpha value is 0.140. The lowest BCUT2D eigenvalue weighted by atomic mass is 9.87. The van der Waals surface area contributed by atoms with Gasteiger partial charge in [0.05, 0.1) is 0 Å². The fourth-order valence-electron chi connectivity index (χ4n) is 3.07. The molecular weight excluding hydrogens is 354 g/mol. The van der Waals surface area contributed by atoms with E-state index in [0.29, 0.717) is 6.04 Å². The lowest BCUT2D eigenvalue weighted by molar-refractivity contribution is 0.341. The second kappa shape index (κ2) is 7.06. The minimum absolute atomic E-state index is 0.483. The van der Waals surface area contributed by atoms with Crippen LogP contribution in [0, 0.1) is 5.92 Å². The first-order valence-corrected chi connectivity index (χ1v) is 8.42. The number of hydrogen-bond acceptors (Lipinski definition) is 1. The van der Waals surface area contributed by atoms with Crippen molar-refractivity contribution < 1.29 is 0 Å². The molecule has 1 fully saturated rings. The molecule has 0 amide bonds. The maximum Gasteiger partial charge on any atom is 0.0346 e. The average Bonchev–Trinajstić information content (AvgIpc) is 2.58. The third-order valence-electron chi connectivity index (χ3n) is 3.93. The quantitative estimate of drug-likeness (QED) is 0.694. The summed E-state index contributed by atoms with van der Waals surface area (Å²) in [4.78, 5) is 0. The lowest BCUT2D eigenvalue weighted by Gasteiger charge is -2.26. The van der Waals surface area contributed by atoms with Crippen molar-refractivity contribution in [3.05, 3.63) is 32.7 Å². The molecule has 2 rings (SSSR count). The van der Waals surface area contributed by atoms with Gasteiger partial charge in [-0.15, -0.1) is 0 Å². The number of halogens is 2. The zero-order valence-corrected chi connectivity index (χ0v) is 14.1. The predicted molar refractivity (Wildman–Crippen MR) is 84.8 cm³/mol. The minimum Gasteiger partial charge on any atom is -0.313 e. The number of benzene rings is 1. The first-order valence-electron chi connectivity index (χ1n) is 6.84. The molecular formula is C15H21Br2N. The fraction of sp³-hybridized carbons (Fsp3) is 0.600. The van der Waals surface area contributed by atoms with E-state index in [1.165, 1.54) is 44.1 Å². The maximum atomic E-state index is 3.59. The van der Waals surface area contributed by atoms with Crippen molar-refractivity contribution in [3.63, 3.8) is 0 Å². The van der Waals surface area contributed by atoms with Gasteiger partial charge in [-0.2, -0.15) is 0 Å². The van der Waals surface area contributed by atoms with Crippen LogP contribution in [0.2, 0.25) is 0 Å². The highest BCUT2D eigenvalue weighted by molar-refractivity contribution is 9.11. The summed E-state index contributed by atoms with van der Waals surface area (Å²) in [5.41, 5.74) is 1.39. The van der Waals surface area contributed by atoms with Crippen LogP contribution in [0.4, 0.5) is 0 Å². The lowest BCUT2D eigenvalue weighted by Crippen LogP contribution is -2.25. The highest BCUT2D eigenvalue weighted by Crippen LogP contribution is 2.35. The fourth-order valence-corrected chi connectivity index (χ4v) is 4.40. The molecule has 0 aliphatic heterocycles. The van der Waals surface area contributed by atoms with Gasteiger partial charge in [-0.25, -0.2) is 0 Å². The first kappa shape index (κ1) is 14.5. The second-order valence-electron chi connectivity index (χ2n) is 5.22. The minimum atomic E-state index is 0.483. The van der Waals surface area contributed by atoms with E-state index in [9.17, 15) is 0 Å². The molecule has 3 heteroatoms. The van der Waals surface area contributed by atoms with Crippen LogP contribution in [-0.4, -0.2) is 7.05 Å². The van der Waals surface area contributed by atoms with Crippen LogP contribution in [0.3, 0.4) is 0 Å². The van der Waals surface area contributed by atoms with Crippen LogP contribution < -0.4 is 5.32 Å². The van der Waals surface area contributed by atoms with Crippen molar-refractivity contribution in [2.75, 3.05) is 7.05 Å². The van der Waals surface area contributed by atoms with Gasteiger partial charge in [0.15, 0.2) is 0 Å². The molecule has 0 spiro atoms. The molecule has 1 aliphatic carbocycles. The summed E-state index contributed by atoms with van der Waals surface area (Å²) < 4.78 is 2.31. The highest BCUT2D eigenvalue weighted by atomic mass is 79.9. The Bertz CT molecular complexity index is 364. The summed E-state index contributed by atoms with van der Waals surface area (Å²) in [7, 11) is 2.09. The molecule has 0 bridgehead atoms. The van der Waals surface area contributed by atoms with Gasteiger partial charge in [-0.3, -0.25) is 0 Å². The average molecular weight is 375 g/mol. The second-order valence-corrected chi connectivity index (χ2v) is 7.05. The Labute approximate surface area is 127 Å². The summed E-state index contributed by atoms with van der Waals surface area (Å²) in [6.07, 6.45) is 8.31. The molecule has 0 heterocycles. The molecule has 1 atom stereocenters. The first-order chi connectivity index (χ1) is 8.70. The van der Waals surface area contributed by atoms with Crippen molar-refractivity contribution in [1.29, 1.82) is 0 Å². The van der Waals surface area contributed by atoms with Crippen LogP contribution in [0.1, 0.15) is 50.1 Å². The molecule has 100 valence electrons. The third kappa shape index (κ3) is 3.82. The van der Waals surface area contributed by atoms with Crippen LogP contribution in [0.5, 0.6) is 0 Å². The molecule has 1 saturated carbocycles. The monoisotopic (exact) mass is 373 g/mol. The molecule has 1 unspecified atom stereocenters. The van der Waals surface area contributed by atoms with Gasteiger partial charge in [0, 0.05) is 15.0 Å². The Balaban J connectivity index is 2.20. The Morgan fingerprint density at radius 2 is 1.56 bits per heavy atom. The third-order valence-corrected chi connectivity index (χ3v) is 4.84. The zero-order chi connectivity index (χ0) is 13.0. The van der Waals surface area contributed by atoms with Gasteiger partial charge in [0.25, 0.3) is 0 Å². The van der Waals surface area contributed by atoms with E-state index in [-0.39, 0.29) is 0 Å². The van der Waals surface area contributed by atoms with E-state index in [1.54, 1.807) is 0 Å². The predicted octanol–water partition coefficient (Wildman–Crippen LogP) is 5.44. The number of rotatable bonds is 3. The van der Waals surface area contributed by atoms with Gasteiger partial charge in [-0.1, -0.05) is 57.5 Å². The molecule has 1 aliphatic rings. The van der Waals surface area contributed by atoms with Gasteiger partial charge in [0.2, 0.25) is 0 Å². The van der Waals surface area contributed by atoms with Gasteiger partial charge in [-0.05, 0) is 49.6 Å². The molecule has 0 radical (unpaired) electrons. The number of hydrogen-bond donors (Lipinski definition) is 1. The van der Waals surface area contributed by atoms with Gasteiger partial charge < -0.3 is 5.32 Å². The van der Waals surface area contributed by atoms with E-state index in [0.717, 1.165) is 14.9 Å². The Morgan fingerprint density at radius 3 is 2.06 bits per heavy atom. The van der Waals surface area contributed by atoms with Crippen molar-refractivity contribution in [1.82, 2.24) is 5.32 Å². The topological polar surface area (TPSA) is 12.0 Å². The summed E-state index contributed by atoms with van der Waals surface area (Å²) in [6.45, 7) is 0. The maximum absolute atomic E-state index is 3.59.